The van der Waals surface area contributed by atoms with Crippen LogP contribution in [0.3, 0.4) is 0 Å². The minimum atomic E-state index is -0.843. The number of carboxylic acids is 1. The monoisotopic (exact) mass is 478 g/mol. The Labute approximate surface area is 206 Å². The zero-order chi connectivity index (χ0) is 24.8. The molecule has 186 valence electrons. The summed E-state index contributed by atoms with van der Waals surface area (Å²) in [6.07, 6.45) is 3.42. The Kier molecular flexibility index (Phi) is 8.06. The van der Waals surface area contributed by atoms with Crippen molar-refractivity contribution in [2.45, 2.75) is 69.9 Å². The molecule has 2 N–H and O–H groups in total. The maximum absolute atomic E-state index is 13.0. The van der Waals surface area contributed by atoms with E-state index >= 15 is 0 Å². The maximum Gasteiger partial charge on any atom is 0.407 e. The van der Waals surface area contributed by atoms with E-state index in [-0.39, 0.29) is 43.4 Å². The average molecular weight is 479 g/mol. The third-order valence-electron chi connectivity index (χ3n) is 7.11. The van der Waals surface area contributed by atoms with Crippen LogP contribution >= 0.6 is 0 Å². The Bertz CT molecular complexity index is 1020. The Balaban J connectivity index is 1.34. The fourth-order valence-electron chi connectivity index (χ4n) is 5.46. The van der Waals surface area contributed by atoms with Crippen LogP contribution in [0.4, 0.5) is 4.79 Å². The first-order valence-corrected chi connectivity index (χ1v) is 12.6. The van der Waals surface area contributed by atoms with E-state index in [0.29, 0.717) is 19.4 Å². The predicted octanol–water partition coefficient (Wildman–Crippen LogP) is 4.94. The fourth-order valence-corrected chi connectivity index (χ4v) is 5.46. The van der Waals surface area contributed by atoms with Crippen molar-refractivity contribution in [3.8, 4) is 11.1 Å². The zero-order valence-corrected chi connectivity index (χ0v) is 20.2. The molecule has 2 aromatic rings. The van der Waals surface area contributed by atoms with Gasteiger partial charge < -0.3 is 20.1 Å². The van der Waals surface area contributed by atoms with E-state index in [1.165, 1.54) is 11.1 Å². The van der Waals surface area contributed by atoms with Gasteiger partial charge in [0.2, 0.25) is 5.91 Å². The Hall–Kier alpha value is -3.35. The van der Waals surface area contributed by atoms with Gasteiger partial charge in [0.1, 0.15) is 6.61 Å². The van der Waals surface area contributed by atoms with Gasteiger partial charge in [-0.1, -0.05) is 61.9 Å². The molecule has 7 heteroatoms. The molecule has 2 aromatic carbocycles. The number of likely N-dealkylation sites (tertiary alicyclic amines) is 1. The first kappa shape index (κ1) is 24.8. The largest absolute Gasteiger partial charge is 0.481 e. The lowest BCUT2D eigenvalue weighted by atomic mass is 9.98. The van der Waals surface area contributed by atoms with Gasteiger partial charge in [-0.05, 0) is 47.9 Å². The average Bonchev–Trinajstić information content (AvgIpc) is 3.44. The highest BCUT2D eigenvalue weighted by Crippen LogP contribution is 2.44. The molecule has 2 amide bonds. The van der Waals surface area contributed by atoms with E-state index in [4.69, 9.17) is 9.84 Å². The van der Waals surface area contributed by atoms with Crippen LogP contribution in [0.15, 0.2) is 48.5 Å². The summed E-state index contributed by atoms with van der Waals surface area (Å²) >= 11 is 0. The number of carbonyl (C=O) groups excluding carboxylic acids is 2. The van der Waals surface area contributed by atoms with Gasteiger partial charge in [-0.2, -0.15) is 0 Å². The summed E-state index contributed by atoms with van der Waals surface area (Å²) in [5.74, 6) is -0.889. The van der Waals surface area contributed by atoms with Gasteiger partial charge in [0, 0.05) is 37.4 Å². The van der Waals surface area contributed by atoms with Crippen molar-refractivity contribution in [2.75, 3.05) is 13.2 Å². The number of aliphatic carboxylic acids is 1. The smallest absolute Gasteiger partial charge is 0.407 e. The standard InChI is InChI=1S/C28H34N2O5/c1-2-8-19(17-26(31)30-16-7-9-20(30)14-15-27(32)33)29-28(34)35-18-25-23-12-5-3-10-21(23)22-11-4-6-13-24(22)25/h3-6,10-13,19-20,25H,2,7-9,14-18H2,1H3,(H,29,34)(H,32,33)/t19-,20?/m0/s1. The second-order valence-corrected chi connectivity index (χ2v) is 9.48. The van der Waals surface area contributed by atoms with E-state index in [1.54, 1.807) is 4.90 Å². The Morgan fingerprint density at radius 3 is 2.37 bits per heavy atom. The maximum atomic E-state index is 13.0. The zero-order valence-electron chi connectivity index (χ0n) is 20.2. The summed E-state index contributed by atoms with van der Waals surface area (Å²) in [5, 5.41) is 11.9. The van der Waals surface area contributed by atoms with Crippen LogP contribution in [0, 0.1) is 0 Å². The minimum absolute atomic E-state index is 0.0148. The summed E-state index contributed by atoms with van der Waals surface area (Å²) in [6.45, 7) is 2.89. The minimum Gasteiger partial charge on any atom is -0.481 e. The normalized spacial score (nSPS) is 17.5. The lowest BCUT2D eigenvalue weighted by Crippen LogP contribution is -2.42. The van der Waals surface area contributed by atoms with Crippen LogP contribution in [0.2, 0.25) is 0 Å². The second kappa shape index (κ2) is 11.4. The third-order valence-corrected chi connectivity index (χ3v) is 7.11. The molecule has 1 heterocycles. The Morgan fingerprint density at radius 2 is 1.74 bits per heavy atom. The number of nitrogens with zero attached hydrogens (tertiary/aromatic N) is 1. The van der Waals surface area contributed by atoms with Gasteiger partial charge in [-0.25, -0.2) is 4.79 Å². The summed E-state index contributed by atoms with van der Waals surface area (Å²) in [7, 11) is 0. The third kappa shape index (κ3) is 5.84. The SMILES string of the molecule is CCC[C@@H](CC(=O)N1CCCC1CCC(=O)O)NC(=O)OCC1c2ccccc2-c2ccccc21. The predicted molar refractivity (Wildman–Crippen MR) is 133 cm³/mol. The number of ether oxygens (including phenoxy) is 1. The highest BCUT2D eigenvalue weighted by Gasteiger charge is 2.32. The molecule has 1 aliphatic carbocycles. The van der Waals surface area contributed by atoms with Gasteiger partial charge >= 0.3 is 12.1 Å². The molecule has 7 nitrogen and oxygen atoms in total. The summed E-state index contributed by atoms with van der Waals surface area (Å²) < 4.78 is 5.67. The van der Waals surface area contributed by atoms with Crippen molar-refractivity contribution in [2.24, 2.45) is 0 Å². The van der Waals surface area contributed by atoms with Crippen molar-refractivity contribution < 1.29 is 24.2 Å². The molecule has 1 unspecified atom stereocenters. The van der Waals surface area contributed by atoms with Crippen LogP contribution in [-0.2, 0) is 14.3 Å². The van der Waals surface area contributed by atoms with Gasteiger partial charge in [0.15, 0.2) is 0 Å². The van der Waals surface area contributed by atoms with Crippen LogP contribution in [0.1, 0.15) is 68.9 Å². The first-order chi connectivity index (χ1) is 17.0. The molecule has 1 aliphatic heterocycles. The number of carbonyl (C=O) groups is 3. The summed E-state index contributed by atoms with van der Waals surface area (Å²) in [5.41, 5.74) is 4.66. The number of hydrogen-bond donors (Lipinski definition) is 2. The van der Waals surface area contributed by atoms with Gasteiger partial charge in [-0.15, -0.1) is 0 Å². The number of amides is 2. The molecule has 0 radical (unpaired) electrons. The number of alkyl carbamates (subject to hydrolysis) is 1. The first-order valence-electron chi connectivity index (χ1n) is 12.6. The number of hydrogen-bond acceptors (Lipinski definition) is 4. The van der Waals surface area contributed by atoms with Crippen LogP contribution in [0.25, 0.3) is 11.1 Å². The molecule has 2 atom stereocenters. The van der Waals surface area contributed by atoms with Crippen LogP contribution < -0.4 is 5.32 Å². The van der Waals surface area contributed by atoms with Crippen molar-refractivity contribution in [3.05, 3.63) is 59.7 Å². The molecule has 0 saturated carbocycles. The molecular weight excluding hydrogens is 444 g/mol. The molecule has 0 spiro atoms. The fraction of sp³-hybridized carbons (Fsp3) is 0.464. The highest BCUT2D eigenvalue weighted by molar-refractivity contribution is 5.80. The summed E-state index contributed by atoms with van der Waals surface area (Å²) in [6, 6.07) is 16.0. The molecule has 35 heavy (non-hydrogen) atoms. The van der Waals surface area contributed by atoms with Crippen molar-refractivity contribution >= 4 is 18.0 Å². The molecule has 1 saturated heterocycles. The Morgan fingerprint density at radius 1 is 1.09 bits per heavy atom. The summed E-state index contributed by atoms with van der Waals surface area (Å²) in [4.78, 5) is 38.5. The molecule has 0 aromatic heterocycles. The van der Waals surface area contributed by atoms with E-state index in [2.05, 4.69) is 29.6 Å². The number of carboxylic acid groups (broad SMARTS) is 1. The van der Waals surface area contributed by atoms with Crippen molar-refractivity contribution in [1.29, 1.82) is 0 Å². The van der Waals surface area contributed by atoms with E-state index in [0.717, 1.165) is 30.4 Å². The van der Waals surface area contributed by atoms with Crippen LogP contribution in [0.5, 0.6) is 0 Å². The molecule has 1 fully saturated rings. The lowest BCUT2D eigenvalue weighted by molar-refractivity contribution is -0.139. The highest BCUT2D eigenvalue weighted by atomic mass is 16.5. The quantitative estimate of drug-likeness (QED) is 0.504. The van der Waals surface area contributed by atoms with Gasteiger partial charge in [-0.3, -0.25) is 9.59 Å². The number of benzene rings is 2. The number of fused-ring (bicyclic) bond motifs is 3. The molecular formula is C28H34N2O5. The van der Waals surface area contributed by atoms with Gasteiger partial charge in [0.05, 0.1) is 0 Å². The number of rotatable bonds is 10. The van der Waals surface area contributed by atoms with Crippen molar-refractivity contribution in [1.82, 2.24) is 10.2 Å². The second-order valence-electron chi connectivity index (χ2n) is 9.48. The number of nitrogens with one attached hydrogen (secondary N) is 1. The van der Waals surface area contributed by atoms with E-state index in [9.17, 15) is 14.4 Å². The van der Waals surface area contributed by atoms with Crippen molar-refractivity contribution in [3.63, 3.8) is 0 Å². The van der Waals surface area contributed by atoms with E-state index < -0.39 is 12.1 Å². The lowest BCUT2D eigenvalue weighted by Gasteiger charge is -2.27. The van der Waals surface area contributed by atoms with Crippen LogP contribution in [-0.4, -0.2) is 53.2 Å². The topological polar surface area (TPSA) is 95.9 Å². The van der Waals surface area contributed by atoms with Gasteiger partial charge in [0.25, 0.3) is 0 Å². The van der Waals surface area contributed by atoms with E-state index in [1.807, 2.05) is 31.2 Å². The molecule has 4 rings (SSSR count). The molecule has 0 bridgehead atoms. The molecule has 2 aliphatic rings.